The van der Waals surface area contributed by atoms with Gasteiger partial charge in [-0.25, -0.2) is 4.79 Å². The summed E-state index contributed by atoms with van der Waals surface area (Å²) in [6.07, 6.45) is 8.14. The maximum Gasteiger partial charge on any atom is 0.338 e. The van der Waals surface area contributed by atoms with Crippen LogP contribution in [0.3, 0.4) is 0 Å². The van der Waals surface area contributed by atoms with Crippen LogP contribution < -0.4 is 0 Å². The predicted octanol–water partition coefficient (Wildman–Crippen LogP) is 5.25. The number of esters is 1. The van der Waals surface area contributed by atoms with Gasteiger partial charge in [0.25, 0.3) is 0 Å². The molecule has 0 radical (unpaired) electrons. The van der Waals surface area contributed by atoms with E-state index >= 15 is 0 Å². The number of hydrogen-bond acceptors (Lipinski definition) is 2. The fourth-order valence-electron chi connectivity index (χ4n) is 2.93. The van der Waals surface area contributed by atoms with Crippen molar-refractivity contribution in [3.63, 3.8) is 0 Å². The summed E-state index contributed by atoms with van der Waals surface area (Å²) in [6, 6.07) is 7.82. The van der Waals surface area contributed by atoms with Gasteiger partial charge in [0, 0.05) is 0 Å². The van der Waals surface area contributed by atoms with Crippen LogP contribution in [0.4, 0.5) is 0 Å². The fraction of sp³-hybridized carbons (Fsp3) is 0.526. The van der Waals surface area contributed by atoms with Gasteiger partial charge in [-0.2, -0.15) is 0 Å². The van der Waals surface area contributed by atoms with Crippen LogP contribution in [0.1, 0.15) is 74.2 Å². The van der Waals surface area contributed by atoms with E-state index in [1.54, 1.807) is 0 Å². The van der Waals surface area contributed by atoms with Gasteiger partial charge in [0.2, 0.25) is 0 Å². The number of carbonyl (C=O) groups is 1. The molecule has 1 atom stereocenters. The zero-order chi connectivity index (χ0) is 15.3. The molecule has 1 aromatic carbocycles. The molecule has 1 aliphatic carbocycles. The Balaban J connectivity index is 2.07. The number of carbonyl (C=O) groups excluding carboxylic acids is 1. The van der Waals surface area contributed by atoms with Crippen LogP contribution >= 0.6 is 0 Å². The molecular weight excluding hydrogens is 260 g/mol. The molecule has 2 nitrogen and oxygen atoms in total. The lowest BCUT2D eigenvalue weighted by molar-refractivity contribution is -0.0112. The lowest BCUT2D eigenvalue weighted by Crippen LogP contribution is -2.35. The van der Waals surface area contributed by atoms with Gasteiger partial charge in [-0.05, 0) is 61.8 Å². The normalized spacial score (nSPS) is 18.8. The molecule has 0 aliphatic heterocycles. The fourth-order valence-corrected chi connectivity index (χ4v) is 2.93. The Morgan fingerprint density at radius 2 is 1.90 bits per heavy atom. The van der Waals surface area contributed by atoms with E-state index in [1.807, 2.05) is 30.3 Å². The predicted molar refractivity (Wildman–Crippen MR) is 86.6 cm³/mol. The molecule has 2 rings (SSSR count). The molecule has 1 saturated carbocycles. The number of benzene rings is 1. The second-order valence-corrected chi connectivity index (χ2v) is 6.15. The summed E-state index contributed by atoms with van der Waals surface area (Å²) >= 11 is 0. The van der Waals surface area contributed by atoms with E-state index in [0.29, 0.717) is 11.5 Å². The average molecular weight is 286 g/mol. The van der Waals surface area contributed by atoms with E-state index in [9.17, 15) is 4.79 Å². The third kappa shape index (κ3) is 3.75. The van der Waals surface area contributed by atoms with Crippen LogP contribution in [0, 0.1) is 0 Å². The first-order valence-corrected chi connectivity index (χ1v) is 8.07. The van der Waals surface area contributed by atoms with Gasteiger partial charge in [0.15, 0.2) is 0 Å². The Morgan fingerprint density at radius 3 is 2.43 bits per heavy atom. The highest BCUT2D eigenvalue weighted by Crippen LogP contribution is 2.33. The summed E-state index contributed by atoms with van der Waals surface area (Å²) in [5.74, 6) is 0.292. The topological polar surface area (TPSA) is 26.3 Å². The first kappa shape index (κ1) is 15.8. The van der Waals surface area contributed by atoms with Gasteiger partial charge in [-0.1, -0.05) is 39.0 Å². The van der Waals surface area contributed by atoms with Gasteiger partial charge in [-0.3, -0.25) is 0 Å². The summed E-state index contributed by atoms with van der Waals surface area (Å²) in [5.41, 5.74) is 1.45. The Hall–Kier alpha value is -1.57. The molecule has 0 heterocycles. The zero-order valence-electron chi connectivity index (χ0n) is 13.2. The Morgan fingerprint density at radius 1 is 1.29 bits per heavy atom. The molecule has 1 fully saturated rings. The van der Waals surface area contributed by atoms with Crippen LogP contribution in [-0.4, -0.2) is 11.6 Å². The van der Waals surface area contributed by atoms with Gasteiger partial charge in [-0.15, -0.1) is 0 Å². The molecule has 0 aromatic heterocycles. The average Bonchev–Trinajstić information content (AvgIpc) is 2.55. The first-order chi connectivity index (χ1) is 10.1. The number of rotatable bonds is 5. The molecule has 1 aromatic rings. The largest absolute Gasteiger partial charge is 0.451 e. The summed E-state index contributed by atoms with van der Waals surface area (Å²) in [4.78, 5) is 12.4. The smallest absolute Gasteiger partial charge is 0.338 e. The lowest BCUT2D eigenvalue weighted by atomic mass is 9.84. The van der Waals surface area contributed by atoms with Crippen molar-refractivity contribution in [3.05, 3.63) is 48.0 Å². The van der Waals surface area contributed by atoms with Crippen molar-refractivity contribution in [2.45, 2.75) is 63.9 Å². The summed E-state index contributed by atoms with van der Waals surface area (Å²) in [5, 5.41) is 0. The van der Waals surface area contributed by atoms with Crippen molar-refractivity contribution in [2.24, 2.45) is 0 Å². The second-order valence-electron chi connectivity index (χ2n) is 6.15. The van der Waals surface area contributed by atoms with E-state index in [4.69, 9.17) is 4.74 Å². The molecule has 114 valence electrons. The highest BCUT2D eigenvalue weighted by molar-refractivity contribution is 5.89. The monoisotopic (exact) mass is 286 g/mol. The minimum absolute atomic E-state index is 0.229. The van der Waals surface area contributed by atoms with E-state index < -0.39 is 5.60 Å². The Kier molecular flexibility index (Phi) is 5.22. The van der Waals surface area contributed by atoms with Crippen molar-refractivity contribution in [2.75, 3.05) is 0 Å². The van der Waals surface area contributed by atoms with Gasteiger partial charge >= 0.3 is 5.97 Å². The van der Waals surface area contributed by atoms with Crippen LogP contribution in [-0.2, 0) is 4.74 Å². The Labute approximate surface area is 128 Å². The van der Waals surface area contributed by atoms with Crippen LogP contribution in [0.5, 0.6) is 0 Å². The standard InChI is InChI=1S/C19H26O2/c1-4-15(3)16-9-11-17(12-10-16)18(20)21-19(5-2)13-7-6-8-14-19/h5,9-12,15H,2,4,6-8,13-14H2,1,3H3. The molecule has 0 spiro atoms. The summed E-state index contributed by atoms with van der Waals surface area (Å²) in [7, 11) is 0. The molecular formula is C19H26O2. The number of hydrogen-bond donors (Lipinski definition) is 0. The molecule has 21 heavy (non-hydrogen) atoms. The Bertz CT molecular complexity index is 481. The summed E-state index contributed by atoms with van der Waals surface area (Å²) in [6.45, 7) is 8.24. The first-order valence-electron chi connectivity index (χ1n) is 8.07. The third-order valence-corrected chi connectivity index (χ3v) is 4.70. The highest BCUT2D eigenvalue weighted by atomic mass is 16.6. The van der Waals surface area contributed by atoms with Crippen molar-refractivity contribution in [1.29, 1.82) is 0 Å². The van der Waals surface area contributed by atoms with E-state index in [1.165, 1.54) is 12.0 Å². The maximum atomic E-state index is 12.4. The van der Waals surface area contributed by atoms with Gasteiger partial charge < -0.3 is 4.74 Å². The molecule has 2 heteroatoms. The van der Waals surface area contributed by atoms with E-state index in [-0.39, 0.29) is 5.97 Å². The molecule has 1 aliphatic rings. The quantitative estimate of drug-likeness (QED) is 0.546. The van der Waals surface area contributed by atoms with Gasteiger partial charge in [0.05, 0.1) is 5.56 Å². The minimum atomic E-state index is -0.454. The molecule has 0 amide bonds. The van der Waals surface area contributed by atoms with Crippen molar-refractivity contribution in [1.82, 2.24) is 0 Å². The molecule has 0 bridgehead atoms. The van der Waals surface area contributed by atoms with Crippen molar-refractivity contribution < 1.29 is 9.53 Å². The van der Waals surface area contributed by atoms with E-state index in [2.05, 4.69) is 20.4 Å². The van der Waals surface area contributed by atoms with Crippen LogP contribution in [0.2, 0.25) is 0 Å². The maximum absolute atomic E-state index is 12.4. The third-order valence-electron chi connectivity index (χ3n) is 4.70. The van der Waals surface area contributed by atoms with Crippen molar-refractivity contribution >= 4 is 5.97 Å². The minimum Gasteiger partial charge on any atom is -0.451 e. The molecule has 1 unspecified atom stereocenters. The molecule has 0 saturated heterocycles. The summed E-state index contributed by atoms with van der Waals surface area (Å²) < 4.78 is 5.78. The SMILES string of the molecule is C=CC1(OC(=O)c2ccc(C(C)CC)cc2)CCCCC1. The second kappa shape index (κ2) is 6.93. The lowest BCUT2D eigenvalue weighted by Gasteiger charge is -2.33. The highest BCUT2D eigenvalue weighted by Gasteiger charge is 2.33. The van der Waals surface area contributed by atoms with Crippen LogP contribution in [0.15, 0.2) is 36.9 Å². The van der Waals surface area contributed by atoms with Crippen LogP contribution in [0.25, 0.3) is 0 Å². The number of ether oxygens (including phenoxy) is 1. The van der Waals surface area contributed by atoms with Gasteiger partial charge in [0.1, 0.15) is 5.60 Å². The van der Waals surface area contributed by atoms with E-state index in [0.717, 1.165) is 32.1 Å². The zero-order valence-corrected chi connectivity index (χ0v) is 13.2. The molecule has 0 N–H and O–H groups in total. The van der Waals surface area contributed by atoms with Crippen molar-refractivity contribution in [3.8, 4) is 0 Å².